The molecule has 0 atom stereocenters. The van der Waals surface area contributed by atoms with Crippen LogP contribution in [0.4, 0.5) is 8.78 Å². The Balaban J connectivity index is 3.41. The monoisotopic (exact) mass is 251 g/mol. The summed E-state index contributed by atoms with van der Waals surface area (Å²) in [5.41, 5.74) is -1.38. The van der Waals surface area contributed by atoms with Crippen LogP contribution in [0.2, 0.25) is 0 Å². The van der Waals surface area contributed by atoms with Crippen LogP contribution in [-0.2, 0) is 0 Å². The minimum absolute atomic E-state index is 0.163. The predicted octanol–water partition coefficient (Wildman–Crippen LogP) is 1.89. The standard InChI is InChI=1S/C7H4BrF2NO2/c8-5-4(6(9)10)1-3(2-12)11-7(5)13/h1-2,6H,(H,11,13). The van der Waals surface area contributed by atoms with Gasteiger partial charge in [0.05, 0.1) is 10.2 Å². The van der Waals surface area contributed by atoms with Crippen molar-refractivity contribution in [1.29, 1.82) is 0 Å². The molecule has 1 N–H and O–H groups in total. The van der Waals surface area contributed by atoms with Crippen molar-refractivity contribution in [3.63, 3.8) is 0 Å². The fraction of sp³-hybridized carbons (Fsp3) is 0.143. The van der Waals surface area contributed by atoms with Crippen LogP contribution in [0.15, 0.2) is 15.3 Å². The Morgan fingerprint density at radius 1 is 1.54 bits per heavy atom. The molecular weight excluding hydrogens is 248 g/mol. The molecule has 0 aliphatic carbocycles. The fourth-order valence-electron chi connectivity index (χ4n) is 0.806. The average molecular weight is 252 g/mol. The van der Waals surface area contributed by atoms with E-state index in [1.807, 2.05) is 0 Å². The molecule has 3 nitrogen and oxygen atoms in total. The summed E-state index contributed by atoms with van der Waals surface area (Å²) in [6.07, 6.45) is -2.48. The van der Waals surface area contributed by atoms with Gasteiger partial charge in [-0.2, -0.15) is 0 Å². The summed E-state index contributed by atoms with van der Waals surface area (Å²) in [7, 11) is 0. The van der Waals surface area contributed by atoms with Crippen LogP contribution in [-0.4, -0.2) is 11.3 Å². The maximum absolute atomic E-state index is 12.2. The van der Waals surface area contributed by atoms with E-state index in [2.05, 4.69) is 20.9 Å². The third-order valence-electron chi connectivity index (χ3n) is 1.38. The summed E-state index contributed by atoms with van der Waals surface area (Å²) < 4.78 is 24.2. The highest BCUT2D eigenvalue weighted by Crippen LogP contribution is 2.24. The molecule has 0 radical (unpaired) electrons. The molecule has 0 aliphatic heterocycles. The van der Waals surface area contributed by atoms with Gasteiger partial charge in [0.2, 0.25) is 0 Å². The first-order chi connectivity index (χ1) is 6.06. The molecule has 0 bridgehead atoms. The SMILES string of the molecule is O=Cc1cc(C(F)F)c(Br)c(=O)[nH]1. The number of aldehydes is 1. The van der Waals surface area contributed by atoms with Crippen molar-refractivity contribution in [2.24, 2.45) is 0 Å². The highest BCUT2D eigenvalue weighted by molar-refractivity contribution is 9.10. The Morgan fingerprint density at radius 3 is 2.62 bits per heavy atom. The number of carbonyl (C=O) groups is 1. The maximum Gasteiger partial charge on any atom is 0.265 e. The van der Waals surface area contributed by atoms with Gasteiger partial charge in [-0.05, 0) is 22.0 Å². The first-order valence-electron chi connectivity index (χ1n) is 3.22. The van der Waals surface area contributed by atoms with Crippen LogP contribution >= 0.6 is 15.9 Å². The van der Waals surface area contributed by atoms with Gasteiger partial charge in [0.1, 0.15) is 0 Å². The molecule has 0 aromatic carbocycles. The highest BCUT2D eigenvalue weighted by atomic mass is 79.9. The van der Waals surface area contributed by atoms with Gasteiger partial charge in [-0.25, -0.2) is 8.78 Å². The van der Waals surface area contributed by atoms with Crippen LogP contribution in [0.1, 0.15) is 22.5 Å². The topological polar surface area (TPSA) is 49.9 Å². The van der Waals surface area contributed by atoms with Crippen molar-refractivity contribution in [3.8, 4) is 0 Å². The van der Waals surface area contributed by atoms with Gasteiger partial charge in [0.25, 0.3) is 12.0 Å². The number of carbonyl (C=O) groups excluding carboxylic acids is 1. The number of rotatable bonds is 2. The van der Waals surface area contributed by atoms with Crippen molar-refractivity contribution in [1.82, 2.24) is 4.98 Å². The number of H-pyrrole nitrogens is 1. The summed E-state index contributed by atoms with van der Waals surface area (Å²) in [6, 6.07) is 0.934. The minimum Gasteiger partial charge on any atom is -0.319 e. The number of alkyl halides is 2. The Bertz CT molecular complexity index is 389. The second-order valence-corrected chi connectivity index (χ2v) is 3.03. The van der Waals surface area contributed by atoms with E-state index in [4.69, 9.17) is 0 Å². The Kier molecular flexibility index (Phi) is 2.92. The molecule has 1 aromatic heterocycles. The van der Waals surface area contributed by atoms with E-state index in [0.29, 0.717) is 6.29 Å². The van der Waals surface area contributed by atoms with Gasteiger partial charge in [0.15, 0.2) is 6.29 Å². The normalized spacial score (nSPS) is 10.5. The first kappa shape index (κ1) is 10.0. The number of hydrogen-bond donors (Lipinski definition) is 1. The Labute approximate surface area is 79.9 Å². The van der Waals surface area contributed by atoms with Gasteiger partial charge < -0.3 is 4.98 Å². The zero-order valence-electron chi connectivity index (χ0n) is 6.18. The minimum atomic E-state index is -2.78. The number of pyridine rings is 1. The molecule has 0 spiro atoms. The van der Waals surface area contributed by atoms with Gasteiger partial charge >= 0.3 is 0 Å². The summed E-state index contributed by atoms with van der Waals surface area (Å²) >= 11 is 2.70. The van der Waals surface area contributed by atoms with E-state index in [9.17, 15) is 18.4 Å². The van der Waals surface area contributed by atoms with Crippen LogP contribution in [0.5, 0.6) is 0 Å². The summed E-state index contributed by atoms with van der Waals surface area (Å²) in [6.45, 7) is 0. The second-order valence-electron chi connectivity index (χ2n) is 2.24. The summed E-state index contributed by atoms with van der Waals surface area (Å²) in [4.78, 5) is 23.3. The van der Waals surface area contributed by atoms with E-state index in [0.717, 1.165) is 6.07 Å². The number of halogens is 3. The molecule has 70 valence electrons. The lowest BCUT2D eigenvalue weighted by Crippen LogP contribution is -2.12. The number of hydrogen-bond acceptors (Lipinski definition) is 2. The lowest BCUT2D eigenvalue weighted by Gasteiger charge is -2.02. The van der Waals surface area contributed by atoms with Gasteiger partial charge in [0, 0.05) is 5.56 Å². The molecule has 0 unspecified atom stereocenters. The fourth-order valence-corrected chi connectivity index (χ4v) is 1.19. The summed E-state index contributed by atoms with van der Waals surface area (Å²) in [5.74, 6) is 0. The molecule has 0 saturated heterocycles. The number of aromatic nitrogens is 1. The second kappa shape index (κ2) is 3.78. The van der Waals surface area contributed by atoms with E-state index in [1.165, 1.54) is 0 Å². The van der Waals surface area contributed by atoms with Crippen molar-refractivity contribution >= 4 is 22.2 Å². The van der Waals surface area contributed by atoms with E-state index >= 15 is 0 Å². The lowest BCUT2D eigenvalue weighted by atomic mass is 10.2. The van der Waals surface area contributed by atoms with Crippen molar-refractivity contribution in [2.75, 3.05) is 0 Å². The quantitative estimate of drug-likeness (QED) is 0.817. The lowest BCUT2D eigenvalue weighted by molar-refractivity contribution is 0.111. The van der Waals surface area contributed by atoms with Gasteiger partial charge in [-0.3, -0.25) is 9.59 Å². The van der Waals surface area contributed by atoms with Crippen molar-refractivity contribution in [3.05, 3.63) is 32.2 Å². The molecule has 0 amide bonds. The van der Waals surface area contributed by atoms with Crippen LogP contribution < -0.4 is 5.56 Å². The van der Waals surface area contributed by atoms with E-state index in [1.54, 1.807) is 0 Å². The summed E-state index contributed by atoms with van der Waals surface area (Å²) in [5, 5.41) is 0. The molecule has 0 fully saturated rings. The van der Waals surface area contributed by atoms with Crippen molar-refractivity contribution in [2.45, 2.75) is 6.43 Å². The number of nitrogens with one attached hydrogen (secondary N) is 1. The largest absolute Gasteiger partial charge is 0.319 e. The average Bonchev–Trinajstić information content (AvgIpc) is 2.09. The van der Waals surface area contributed by atoms with E-state index in [-0.39, 0.29) is 10.2 Å². The zero-order valence-corrected chi connectivity index (χ0v) is 7.77. The first-order valence-corrected chi connectivity index (χ1v) is 4.01. The maximum atomic E-state index is 12.2. The van der Waals surface area contributed by atoms with E-state index < -0.39 is 17.5 Å². The smallest absolute Gasteiger partial charge is 0.265 e. The van der Waals surface area contributed by atoms with Crippen LogP contribution in [0.3, 0.4) is 0 Å². The molecule has 1 aromatic rings. The highest BCUT2D eigenvalue weighted by Gasteiger charge is 2.15. The molecule has 0 saturated carbocycles. The van der Waals surface area contributed by atoms with Gasteiger partial charge in [-0.1, -0.05) is 0 Å². The molecule has 1 rings (SSSR count). The third kappa shape index (κ3) is 2.00. The molecule has 1 heterocycles. The molecular formula is C7H4BrF2NO2. The Morgan fingerprint density at radius 2 is 2.15 bits per heavy atom. The molecule has 0 aliphatic rings. The molecule has 13 heavy (non-hydrogen) atoms. The third-order valence-corrected chi connectivity index (χ3v) is 2.20. The number of aromatic amines is 1. The van der Waals surface area contributed by atoms with Crippen LogP contribution in [0, 0.1) is 0 Å². The molecule has 6 heteroatoms. The van der Waals surface area contributed by atoms with Gasteiger partial charge in [-0.15, -0.1) is 0 Å². The zero-order chi connectivity index (χ0) is 10.0. The Hall–Kier alpha value is -1.04. The predicted molar refractivity (Wildman–Crippen MR) is 45.1 cm³/mol. The van der Waals surface area contributed by atoms with Crippen molar-refractivity contribution < 1.29 is 13.6 Å². The van der Waals surface area contributed by atoms with Crippen LogP contribution in [0.25, 0.3) is 0 Å².